The highest BCUT2D eigenvalue weighted by Crippen LogP contribution is 2.28. The number of esters is 2. The van der Waals surface area contributed by atoms with Gasteiger partial charge >= 0.3 is 11.9 Å². The van der Waals surface area contributed by atoms with Crippen LogP contribution in [0.3, 0.4) is 0 Å². The Bertz CT molecular complexity index is 1210. The number of allylic oxidation sites excluding steroid dienone is 1. The van der Waals surface area contributed by atoms with Gasteiger partial charge in [0, 0.05) is 35.1 Å². The van der Waals surface area contributed by atoms with Crippen molar-refractivity contribution in [3.63, 3.8) is 0 Å². The zero-order valence-electron chi connectivity index (χ0n) is 25.9. The summed E-state index contributed by atoms with van der Waals surface area (Å²) in [6.45, 7) is 13.5. The fraction of sp³-hybridized carbons (Fsp3) is 0.588. The van der Waals surface area contributed by atoms with Gasteiger partial charge in [0.2, 0.25) is 5.78 Å². The molecule has 0 radical (unpaired) electrons. The molecule has 0 bridgehead atoms. The maximum atomic E-state index is 12.9. The standard InChI is InChI=1S/C34H49NO6/c1-7-12-15-25(9-3)22-40-33(38)31(36)18-14-17-29-24(6)28-21-27(19-20-30(28)35(29)11-5)32(37)34(39)41-23-26(10-4)16-13-8-2/h14,17,19-21,25-26H,7-13,15-16,18,22-23H2,1-6H3. The predicted molar refractivity (Wildman–Crippen MR) is 164 cm³/mol. The molecule has 0 spiro atoms. The van der Waals surface area contributed by atoms with Gasteiger partial charge in [0.15, 0.2) is 0 Å². The minimum Gasteiger partial charge on any atom is -0.460 e. The molecule has 2 aromatic rings. The number of carbonyl (C=O) groups is 4. The van der Waals surface area contributed by atoms with Gasteiger partial charge in [0.1, 0.15) is 0 Å². The second-order valence-electron chi connectivity index (χ2n) is 10.9. The van der Waals surface area contributed by atoms with Crippen LogP contribution in [0.25, 0.3) is 17.0 Å². The molecule has 7 heteroatoms. The number of hydrogen-bond donors (Lipinski definition) is 0. The maximum absolute atomic E-state index is 12.9. The summed E-state index contributed by atoms with van der Waals surface area (Å²) in [5.74, 6) is -2.30. The minimum atomic E-state index is -0.826. The first-order valence-electron chi connectivity index (χ1n) is 15.4. The summed E-state index contributed by atoms with van der Waals surface area (Å²) in [7, 11) is 0. The molecule has 0 saturated carbocycles. The van der Waals surface area contributed by atoms with E-state index >= 15 is 0 Å². The molecule has 1 heterocycles. The number of Topliss-reactive ketones (excluding diaryl/α,β-unsaturated/α-hetero) is 2. The van der Waals surface area contributed by atoms with Crippen LogP contribution in [0.5, 0.6) is 0 Å². The number of ketones is 2. The Balaban J connectivity index is 2.10. The second-order valence-corrected chi connectivity index (χ2v) is 10.9. The molecule has 0 aliphatic heterocycles. The first kappa shape index (κ1) is 34.0. The van der Waals surface area contributed by atoms with Gasteiger partial charge in [-0.15, -0.1) is 0 Å². The molecular formula is C34H49NO6. The van der Waals surface area contributed by atoms with E-state index in [4.69, 9.17) is 9.47 Å². The van der Waals surface area contributed by atoms with Crippen LogP contribution in [-0.2, 0) is 30.4 Å². The van der Waals surface area contributed by atoms with Crippen molar-refractivity contribution in [1.29, 1.82) is 0 Å². The third-order valence-electron chi connectivity index (χ3n) is 7.92. The van der Waals surface area contributed by atoms with Gasteiger partial charge in [-0.05, 0) is 68.4 Å². The summed E-state index contributed by atoms with van der Waals surface area (Å²) in [5.41, 5.74) is 3.01. The zero-order chi connectivity index (χ0) is 30.4. The van der Waals surface area contributed by atoms with Crippen LogP contribution in [0.1, 0.15) is 114 Å². The van der Waals surface area contributed by atoms with Gasteiger partial charge in [-0.2, -0.15) is 0 Å². The number of ether oxygens (including phenoxy) is 2. The normalized spacial score (nSPS) is 12.9. The maximum Gasteiger partial charge on any atom is 0.379 e. The molecule has 226 valence electrons. The highest BCUT2D eigenvalue weighted by molar-refractivity contribution is 6.41. The summed E-state index contributed by atoms with van der Waals surface area (Å²) in [5, 5.41) is 0.850. The van der Waals surface area contributed by atoms with E-state index < -0.39 is 23.5 Å². The number of unbranched alkanes of at least 4 members (excludes halogenated alkanes) is 2. The number of nitrogens with zero attached hydrogens (tertiary/aromatic N) is 1. The highest BCUT2D eigenvalue weighted by atomic mass is 16.5. The zero-order valence-corrected chi connectivity index (χ0v) is 25.9. The van der Waals surface area contributed by atoms with Crippen molar-refractivity contribution in [1.82, 2.24) is 4.57 Å². The van der Waals surface area contributed by atoms with Crippen molar-refractivity contribution < 1.29 is 28.7 Å². The van der Waals surface area contributed by atoms with Crippen LogP contribution in [0.4, 0.5) is 0 Å². The highest BCUT2D eigenvalue weighted by Gasteiger charge is 2.22. The van der Waals surface area contributed by atoms with E-state index in [9.17, 15) is 19.2 Å². The number of fused-ring (bicyclic) bond motifs is 1. The SMILES string of the molecule is CCCCC(CC)COC(=O)C(=O)CC=Cc1c(C)c2cc(C(=O)C(=O)OCC(CC)CCCC)ccc2n1CC. The van der Waals surface area contributed by atoms with E-state index in [0.717, 1.165) is 73.5 Å². The van der Waals surface area contributed by atoms with Crippen molar-refractivity contribution in [2.45, 2.75) is 106 Å². The Morgan fingerprint density at radius 3 is 1.98 bits per heavy atom. The largest absolute Gasteiger partial charge is 0.460 e. The summed E-state index contributed by atoms with van der Waals surface area (Å²) < 4.78 is 12.7. The van der Waals surface area contributed by atoms with E-state index in [2.05, 4.69) is 32.3 Å². The Labute approximate surface area is 245 Å². The average Bonchev–Trinajstić information content (AvgIpc) is 3.26. The van der Waals surface area contributed by atoms with Crippen molar-refractivity contribution in [3.05, 3.63) is 41.1 Å². The number of benzene rings is 1. The van der Waals surface area contributed by atoms with Crippen LogP contribution < -0.4 is 0 Å². The first-order chi connectivity index (χ1) is 19.7. The van der Waals surface area contributed by atoms with Crippen molar-refractivity contribution in [3.8, 4) is 0 Å². The molecule has 41 heavy (non-hydrogen) atoms. The molecule has 0 saturated heterocycles. The second kappa shape index (κ2) is 17.6. The smallest absolute Gasteiger partial charge is 0.379 e. The molecule has 0 aliphatic carbocycles. The van der Waals surface area contributed by atoms with Gasteiger partial charge in [0.25, 0.3) is 5.78 Å². The number of rotatable bonds is 19. The van der Waals surface area contributed by atoms with E-state index in [1.165, 1.54) is 0 Å². The van der Waals surface area contributed by atoms with Crippen LogP contribution in [-0.4, -0.2) is 41.3 Å². The summed E-state index contributed by atoms with van der Waals surface area (Å²) >= 11 is 0. The fourth-order valence-electron chi connectivity index (χ4n) is 5.05. The fourth-order valence-corrected chi connectivity index (χ4v) is 5.05. The lowest BCUT2D eigenvalue weighted by molar-refractivity contribution is -0.154. The third kappa shape index (κ3) is 9.68. The lowest BCUT2D eigenvalue weighted by atomic mass is 10.0. The Morgan fingerprint density at radius 1 is 0.854 bits per heavy atom. The Morgan fingerprint density at radius 2 is 1.44 bits per heavy atom. The summed E-state index contributed by atoms with van der Waals surface area (Å²) in [4.78, 5) is 50.0. The van der Waals surface area contributed by atoms with E-state index in [1.54, 1.807) is 18.2 Å². The quantitative estimate of drug-likeness (QED) is 0.0984. The Hall–Kier alpha value is -3.22. The van der Waals surface area contributed by atoms with Crippen molar-refractivity contribution >= 4 is 40.5 Å². The van der Waals surface area contributed by atoms with Gasteiger partial charge in [0.05, 0.1) is 13.2 Å². The Kier molecular flexibility index (Phi) is 14.6. The van der Waals surface area contributed by atoms with Crippen LogP contribution >= 0.6 is 0 Å². The molecule has 2 rings (SSSR count). The molecule has 2 atom stereocenters. The first-order valence-corrected chi connectivity index (χ1v) is 15.4. The number of carbonyl (C=O) groups excluding carboxylic acids is 4. The minimum absolute atomic E-state index is 0.0537. The third-order valence-corrected chi connectivity index (χ3v) is 7.92. The van der Waals surface area contributed by atoms with Gasteiger partial charge in [-0.1, -0.05) is 72.3 Å². The molecule has 1 aromatic heterocycles. The number of hydrogen-bond acceptors (Lipinski definition) is 6. The van der Waals surface area contributed by atoms with Gasteiger partial charge in [-0.25, -0.2) is 9.59 Å². The van der Waals surface area contributed by atoms with E-state index in [0.29, 0.717) is 12.1 Å². The molecule has 2 unspecified atom stereocenters. The number of aromatic nitrogens is 1. The van der Waals surface area contributed by atoms with E-state index in [-0.39, 0.29) is 31.5 Å². The molecule has 0 N–H and O–H groups in total. The van der Waals surface area contributed by atoms with Crippen LogP contribution in [0, 0.1) is 18.8 Å². The van der Waals surface area contributed by atoms with Gasteiger partial charge in [-0.3, -0.25) is 9.59 Å². The van der Waals surface area contributed by atoms with Crippen LogP contribution in [0.2, 0.25) is 0 Å². The average molecular weight is 568 g/mol. The molecular weight excluding hydrogens is 518 g/mol. The molecule has 0 aliphatic rings. The molecule has 0 amide bonds. The van der Waals surface area contributed by atoms with E-state index in [1.807, 2.05) is 26.0 Å². The number of aryl methyl sites for hydroxylation is 2. The topological polar surface area (TPSA) is 91.7 Å². The monoisotopic (exact) mass is 567 g/mol. The molecule has 1 aromatic carbocycles. The van der Waals surface area contributed by atoms with Crippen molar-refractivity contribution in [2.75, 3.05) is 13.2 Å². The predicted octanol–water partition coefficient (Wildman–Crippen LogP) is 7.64. The molecule has 7 nitrogen and oxygen atoms in total. The van der Waals surface area contributed by atoms with Crippen LogP contribution in [0.15, 0.2) is 24.3 Å². The summed E-state index contributed by atoms with van der Waals surface area (Å²) in [6, 6.07) is 5.23. The lowest BCUT2D eigenvalue weighted by Crippen LogP contribution is -2.21. The molecule has 0 fully saturated rings. The van der Waals surface area contributed by atoms with Gasteiger partial charge < -0.3 is 14.0 Å². The summed E-state index contributed by atoms with van der Waals surface area (Å²) in [6.07, 6.45) is 11.6. The van der Waals surface area contributed by atoms with Crippen molar-refractivity contribution in [2.24, 2.45) is 11.8 Å². The lowest BCUT2D eigenvalue weighted by Gasteiger charge is -2.14.